The highest BCUT2D eigenvalue weighted by molar-refractivity contribution is 6.46. The van der Waals surface area contributed by atoms with Gasteiger partial charge >= 0.3 is 0 Å². The quantitative estimate of drug-likeness (QED) is 0.593. The molecule has 0 heterocycles. The molecule has 1 saturated carbocycles. The molecule has 0 aliphatic heterocycles. The summed E-state index contributed by atoms with van der Waals surface area (Å²) in [6, 6.07) is 0. The minimum absolute atomic E-state index is 0.458. The predicted molar refractivity (Wildman–Crippen MR) is 62.5 cm³/mol. The SMILES string of the molecule is CC1(Cl)[C@H](Cl)[C@H](Cl)C(Cl)[C@H](Cl)[C@H]1Cl. The van der Waals surface area contributed by atoms with Crippen molar-refractivity contribution in [1.82, 2.24) is 0 Å². The average Bonchev–Trinajstić information content (AvgIpc) is 2.09. The van der Waals surface area contributed by atoms with Crippen molar-refractivity contribution in [3.63, 3.8) is 0 Å². The normalized spacial score (nSPS) is 57.9. The summed E-state index contributed by atoms with van der Waals surface area (Å²) < 4.78 is 0. The van der Waals surface area contributed by atoms with Crippen LogP contribution in [0.1, 0.15) is 6.92 Å². The summed E-state index contributed by atoms with van der Waals surface area (Å²) in [5, 5.41) is -2.38. The zero-order chi connectivity index (χ0) is 10.4. The van der Waals surface area contributed by atoms with E-state index in [0.717, 1.165) is 0 Å². The van der Waals surface area contributed by atoms with E-state index in [1.807, 2.05) is 0 Å². The summed E-state index contributed by atoms with van der Waals surface area (Å²) in [7, 11) is 0. The molecule has 0 aromatic carbocycles. The van der Waals surface area contributed by atoms with Gasteiger partial charge in [-0.25, -0.2) is 0 Å². The third-order valence-electron chi connectivity index (χ3n) is 2.25. The van der Waals surface area contributed by atoms with Crippen molar-refractivity contribution in [2.45, 2.75) is 38.7 Å². The fourth-order valence-electron chi connectivity index (χ4n) is 1.27. The summed E-state index contributed by atoms with van der Waals surface area (Å²) in [6.45, 7) is 1.72. The van der Waals surface area contributed by atoms with Crippen molar-refractivity contribution < 1.29 is 0 Å². The maximum Gasteiger partial charge on any atom is 0.0774 e. The Kier molecular flexibility index (Phi) is 4.25. The standard InChI is InChI=1S/C7H8Cl6/c1-7(13)5(11)3(9)2(8)4(10)6(7)12/h2-6H,1H3/t2?,3-,4+,5-,6-,7?/m1/s1. The van der Waals surface area contributed by atoms with Gasteiger partial charge in [-0.3, -0.25) is 0 Å². The van der Waals surface area contributed by atoms with Crippen molar-refractivity contribution in [1.29, 1.82) is 0 Å². The Morgan fingerprint density at radius 1 is 0.769 bits per heavy atom. The van der Waals surface area contributed by atoms with Gasteiger partial charge in [-0.05, 0) is 6.92 Å². The molecule has 2 unspecified atom stereocenters. The maximum absolute atomic E-state index is 6.14. The molecular formula is C7H8Cl6. The third kappa shape index (κ3) is 2.14. The molecule has 0 radical (unpaired) electrons. The van der Waals surface area contributed by atoms with Gasteiger partial charge in [0.15, 0.2) is 0 Å². The van der Waals surface area contributed by atoms with E-state index in [-0.39, 0.29) is 0 Å². The van der Waals surface area contributed by atoms with Crippen molar-refractivity contribution >= 4 is 69.6 Å². The highest BCUT2D eigenvalue weighted by Crippen LogP contribution is 2.46. The molecule has 1 aliphatic rings. The van der Waals surface area contributed by atoms with E-state index in [2.05, 4.69) is 0 Å². The number of hydrogen-bond acceptors (Lipinski definition) is 0. The minimum Gasteiger partial charge on any atom is -0.120 e. The van der Waals surface area contributed by atoms with Crippen LogP contribution >= 0.6 is 69.6 Å². The lowest BCUT2D eigenvalue weighted by Gasteiger charge is -2.44. The van der Waals surface area contributed by atoms with Gasteiger partial charge in [0.05, 0.1) is 31.8 Å². The molecule has 1 aliphatic carbocycles. The molecule has 0 saturated heterocycles. The largest absolute Gasteiger partial charge is 0.120 e. The lowest BCUT2D eigenvalue weighted by Crippen LogP contribution is -2.58. The van der Waals surface area contributed by atoms with Crippen molar-refractivity contribution in [2.75, 3.05) is 0 Å². The molecule has 6 atom stereocenters. The van der Waals surface area contributed by atoms with Gasteiger partial charge in [0, 0.05) is 0 Å². The van der Waals surface area contributed by atoms with Crippen LogP contribution in [0.4, 0.5) is 0 Å². The van der Waals surface area contributed by atoms with Crippen LogP contribution in [0.25, 0.3) is 0 Å². The first-order valence-corrected chi connectivity index (χ1v) is 6.25. The Balaban J connectivity index is 2.93. The third-order valence-corrected chi connectivity index (χ3v) is 6.49. The van der Waals surface area contributed by atoms with E-state index in [1.165, 1.54) is 0 Å². The van der Waals surface area contributed by atoms with Gasteiger partial charge in [0.2, 0.25) is 0 Å². The lowest BCUT2D eigenvalue weighted by molar-refractivity contribution is 0.444. The van der Waals surface area contributed by atoms with Crippen molar-refractivity contribution in [3.05, 3.63) is 0 Å². The van der Waals surface area contributed by atoms with E-state index in [4.69, 9.17) is 69.6 Å². The van der Waals surface area contributed by atoms with Crippen LogP contribution in [-0.2, 0) is 0 Å². The van der Waals surface area contributed by atoms with Gasteiger partial charge in [-0.2, -0.15) is 0 Å². The van der Waals surface area contributed by atoms with E-state index in [0.29, 0.717) is 0 Å². The maximum atomic E-state index is 6.14. The number of hydrogen-bond donors (Lipinski definition) is 0. The van der Waals surface area contributed by atoms with Crippen LogP contribution in [0.15, 0.2) is 0 Å². The molecule has 0 aromatic heterocycles. The zero-order valence-corrected chi connectivity index (χ0v) is 11.2. The molecule has 0 nitrogen and oxygen atoms in total. The molecule has 0 N–H and O–H groups in total. The van der Waals surface area contributed by atoms with Gasteiger partial charge in [0.1, 0.15) is 0 Å². The van der Waals surface area contributed by atoms with E-state index < -0.39 is 31.8 Å². The Morgan fingerprint density at radius 3 is 1.38 bits per heavy atom. The first-order valence-electron chi connectivity index (χ1n) is 3.69. The summed E-state index contributed by atoms with van der Waals surface area (Å²) in [5.41, 5.74) is 0. The number of halogens is 6. The smallest absolute Gasteiger partial charge is 0.0774 e. The first kappa shape index (κ1) is 12.8. The second kappa shape index (κ2) is 4.31. The minimum atomic E-state index is -0.826. The van der Waals surface area contributed by atoms with Gasteiger partial charge in [0.25, 0.3) is 0 Å². The van der Waals surface area contributed by atoms with Gasteiger partial charge in [-0.15, -0.1) is 69.6 Å². The predicted octanol–water partition coefficient (Wildman–Crippen LogP) is 4.03. The van der Waals surface area contributed by atoms with Gasteiger partial charge < -0.3 is 0 Å². The zero-order valence-electron chi connectivity index (χ0n) is 6.65. The number of alkyl halides is 6. The molecule has 13 heavy (non-hydrogen) atoms. The van der Waals surface area contributed by atoms with Crippen molar-refractivity contribution in [2.24, 2.45) is 0 Å². The molecule has 78 valence electrons. The summed E-state index contributed by atoms with van der Waals surface area (Å²) in [4.78, 5) is -0.826. The summed E-state index contributed by atoms with van der Waals surface area (Å²) >= 11 is 36.1. The molecule has 6 heteroatoms. The second-order valence-corrected chi connectivity index (χ2v) is 6.55. The van der Waals surface area contributed by atoms with Crippen LogP contribution in [0, 0.1) is 0 Å². The molecule has 0 bridgehead atoms. The Hall–Kier alpha value is 1.74. The topological polar surface area (TPSA) is 0 Å². The molecule has 1 rings (SSSR count). The van der Waals surface area contributed by atoms with E-state index in [9.17, 15) is 0 Å². The summed E-state index contributed by atoms with van der Waals surface area (Å²) in [6.07, 6.45) is 0. The molecule has 0 aromatic rings. The monoisotopic (exact) mass is 302 g/mol. The van der Waals surface area contributed by atoms with E-state index in [1.54, 1.807) is 6.92 Å². The summed E-state index contributed by atoms with van der Waals surface area (Å²) in [5.74, 6) is 0. The highest BCUT2D eigenvalue weighted by Gasteiger charge is 2.54. The highest BCUT2D eigenvalue weighted by atomic mass is 35.5. The fraction of sp³-hybridized carbons (Fsp3) is 1.00. The second-order valence-electron chi connectivity index (χ2n) is 3.29. The Morgan fingerprint density at radius 2 is 1.08 bits per heavy atom. The van der Waals surface area contributed by atoms with Crippen molar-refractivity contribution in [3.8, 4) is 0 Å². The van der Waals surface area contributed by atoms with Crippen LogP contribution in [0.3, 0.4) is 0 Å². The Labute approximate surface area is 108 Å². The van der Waals surface area contributed by atoms with E-state index >= 15 is 0 Å². The van der Waals surface area contributed by atoms with Crippen LogP contribution in [0.5, 0.6) is 0 Å². The van der Waals surface area contributed by atoms with Crippen LogP contribution in [0.2, 0.25) is 0 Å². The Bertz CT molecular complexity index is 175. The van der Waals surface area contributed by atoms with Crippen LogP contribution < -0.4 is 0 Å². The molecule has 0 amide bonds. The molecule has 0 spiro atoms. The van der Waals surface area contributed by atoms with Crippen LogP contribution in [-0.4, -0.2) is 31.8 Å². The lowest BCUT2D eigenvalue weighted by atomic mass is 9.87. The number of rotatable bonds is 0. The average molecular weight is 305 g/mol. The fourth-order valence-corrected chi connectivity index (χ4v) is 3.67. The van der Waals surface area contributed by atoms with Gasteiger partial charge in [-0.1, -0.05) is 0 Å². The molecule has 1 fully saturated rings. The first-order chi connectivity index (χ1) is 5.80. The molecular weight excluding hydrogens is 297 g/mol.